The number of aliphatic carboxylic acids is 1. The van der Waals surface area contributed by atoms with Gasteiger partial charge in [-0.3, -0.25) is 19.2 Å². The minimum atomic E-state index is -1.17. The number of hydrogen-bond donors (Lipinski definition) is 5. The van der Waals surface area contributed by atoms with Crippen molar-refractivity contribution in [3.63, 3.8) is 0 Å². The van der Waals surface area contributed by atoms with Gasteiger partial charge in [-0.1, -0.05) is 0 Å². The van der Waals surface area contributed by atoms with Gasteiger partial charge in [0, 0.05) is 0 Å². The Bertz CT molecular complexity index is 418. The van der Waals surface area contributed by atoms with Crippen LogP contribution in [0.2, 0.25) is 0 Å². The molecule has 6 N–H and O–H groups in total. The van der Waals surface area contributed by atoms with Gasteiger partial charge in [0.15, 0.2) is 0 Å². The maximum absolute atomic E-state index is 11.5. The van der Waals surface area contributed by atoms with Crippen molar-refractivity contribution in [3.05, 3.63) is 0 Å². The molecule has 0 rings (SSSR count). The first-order valence-corrected chi connectivity index (χ1v) is 7.98. The fourth-order valence-corrected chi connectivity index (χ4v) is 1.76. The Kier molecular flexibility index (Phi) is 9.96. The molecule has 0 saturated heterocycles. The number of rotatable bonds is 10. The number of hydrogen-bond acceptors (Lipinski definition) is 6. The summed E-state index contributed by atoms with van der Waals surface area (Å²) in [6.07, 6.45) is 2.40. The maximum Gasteiger partial charge on any atom is 0.325 e. The van der Waals surface area contributed by atoms with Crippen LogP contribution in [0.25, 0.3) is 0 Å². The summed E-state index contributed by atoms with van der Waals surface area (Å²) in [4.78, 5) is 44.8. The molecule has 0 aliphatic heterocycles. The van der Waals surface area contributed by atoms with Crippen LogP contribution in [0.3, 0.4) is 0 Å². The van der Waals surface area contributed by atoms with Crippen LogP contribution in [-0.4, -0.2) is 66.0 Å². The molecule has 3 amide bonds. The zero-order valence-corrected chi connectivity index (χ0v) is 13.4. The Morgan fingerprint density at radius 2 is 1.73 bits per heavy atom. The lowest BCUT2D eigenvalue weighted by molar-refractivity contribution is -0.141. The summed E-state index contributed by atoms with van der Waals surface area (Å²) in [6.45, 7) is 0.636. The number of carboxylic acid groups (broad SMARTS) is 1. The van der Waals surface area contributed by atoms with Crippen LogP contribution in [0.1, 0.15) is 13.3 Å². The molecule has 0 aromatic rings. The molecule has 0 aliphatic rings. The number of carbonyl (C=O) groups is 4. The Balaban J connectivity index is 3.93. The van der Waals surface area contributed by atoms with Crippen LogP contribution >= 0.6 is 11.8 Å². The highest BCUT2D eigenvalue weighted by molar-refractivity contribution is 7.98. The summed E-state index contributed by atoms with van der Waals surface area (Å²) in [5, 5.41) is 15.4. The second-order valence-electron chi connectivity index (χ2n) is 4.51. The van der Waals surface area contributed by atoms with E-state index in [2.05, 4.69) is 16.0 Å². The average molecular weight is 334 g/mol. The summed E-state index contributed by atoms with van der Waals surface area (Å²) in [5.74, 6) is -2.07. The first-order chi connectivity index (χ1) is 10.3. The smallest absolute Gasteiger partial charge is 0.325 e. The molecule has 2 atom stereocenters. The Morgan fingerprint density at radius 3 is 2.27 bits per heavy atom. The van der Waals surface area contributed by atoms with Crippen molar-refractivity contribution >= 4 is 35.5 Å². The average Bonchev–Trinajstić information content (AvgIpc) is 2.47. The number of carboxylic acids is 1. The number of amides is 3. The van der Waals surface area contributed by atoms with E-state index in [9.17, 15) is 19.2 Å². The van der Waals surface area contributed by atoms with Gasteiger partial charge in [-0.15, -0.1) is 0 Å². The quantitative estimate of drug-likeness (QED) is 0.307. The lowest BCUT2D eigenvalue weighted by atomic mass is 10.2. The number of nitrogens with two attached hydrogens (primary N) is 1. The van der Waals surface area contributed by atoms with Crippen molar-refractivity contribution < 1.29 is 24.3 Å². The van der Waals surface area contributed by atoms with Gasteiger partial charge in [-0.25, -0.2) is 0 Å². The first-order valence-electron chi connectivity index (χ1n) is 6.59. The lowest BCUT2D eigenvalue weighted by Crippen LogP contribution is -2.48. The van der Waals surface area contributed by atoms with Crippen molar-refractivity contribution in [3.8, 4) is 0 Å². The third kappa shape index (κ3) is 9.19. The lowest BCUT2D eigenvalue weighted by Gasteiger charge is -2.12. The molecule has 0 radical (unpaired) electrons. The summed E-state index contributed by atoms with van der Waals surface area (Å²) in [6, 6.07) is -1.72. The molecule has 0 spiro atoms. The maximum atomic E-state index is 11.5. The molecule has 0 bridgehead atoms. The monoisotopic (exact) mass is 334 g/mol. The second-order valence-corrected chi connectivity index (χ2v) is 5.50. The van der Waals surface area contributed by atoms with Crippen LogP contribution in [-0.2, 0) is 19.2 Å². The van der Waals surface area contributed by atoms with Gasteiger partial charge in [0.25, 0.3) is 0 Å². The molecule has 22 heavy (non-hydrogen) atoms. The molecule has 0 aliphatic carbocycles. The van der Waals surface area contributed by atoms with Crippen molar-refractivity contribution in [1.82, 2.24) is 16.0 Å². The van der Waals surface area contributed by atoms with E-state index in [1.54, 1.807) is 11.8 Å². The van der Waals surface area contributed by atoms with Crippen LogP contribution in [0.4, 0.5) is 0 Å². The molecule has 0 saturated carbocycles. The van der Waals surface area contributed by atoms with Crippen molar-refractivity contribution in [2.24, 2.45) is 5.73 Å². The normalized spacial score (nSPS) is 12.9. The van der Waals surface area contributed by atoms with Crippen LogP contribution in [0, 0.1) is 0 Å². The van der Waals surface area contributed by atoms with Gasteiger partial charge < -0.3 is 26.8 Å². The molecule has 0 fully saturated rings. The molecule has 0 heterocycles. The minimum absolute atomic E-state index is 0.298. The highest BCUT2D eigenvalue weighted by Crippen LogP contribution is 1.98. The summed E-state index contributed by atoms with van der Waals surface area (Å²) >= 11 is 1.56. The van der Waals surface area contributed by atoms with Gasteiger partial charge in [0.2, 0.25) is 17.7 Å². The van der Waals surface area contributed by atoms with Crippen molar-refractivity contribution in [2.45, 2.75) is 25.4 Å². The highest BCUT2D eigenvalue weighted by atomic mass is 32.2. The van der Waals surface area contributed by atoms with E-state index in [-0.39, 0.29) is 13.1 Å². The zero-order chi connectivity index (χ0) is 17.1. The molecule has 2 unspecified atom stereocenters. The summed E-state index contributed by atoms with van der Waals surface area (Å²) < 4.78 is 0. The summed E-state index contributed by atoms with van der Waals surface area (Å²) in [7, 11) is 0. The van der Waals surface area contributed by atoms with Crippen molar-refractivity contribution in [1.29, 1.82) is 0 Å². The fraction of sp³-hybridized carbons (Fsp3) is 0.667. The molecule has 9 nitrogen and oxygen atoms in total. The molecular weight excluding hydrogens is 312 g/mol. The predicted molar refractivity (Wildman–Crippen MR) is 82.2 cm³/mol. The summed E-state index contributed by atoms with van der Waals surface area (Å²) in [5.41, 5.74) is 5.62. The van der Waals surface area contributed by atoms with E-state index in [0.717, 1.165) is 5.75 Å². The van der Waals surface area contributed by atoms with Crippen molar-refractivity contribution in [2.75, 3.05) is 25.1 Å². The molecule has 126 valence electrons. The van der Waals surface area contributed by atoms with Crippen LogP contribution in [0.15, 0.2) is 0 Å². The SMILES string of the molecule is CSCCC(N)C(=O)NCC(=O)NCC(=O)NC(C)C(=O)O. The van der Waals surface area contributed by atoms with Gasteiger partial charge in [-0.2, -0.15) is 11.8 Å². The Hall–Kier alpha value is -1.81. The van der Waals surface area contributed by atoms with Gasteiger partial charge in [0.05, 0.1) is 19.1 Å². The minimum Gasteiger partial charge on any atom is -0.480 e. The van der Waals surface area contributed by atoms with Gasteiger partial charge in [-0.05, 0) is 25.4 Å². The Labute approximate surface area is 132 Å². The Morgan fingerprint density at radius 1 is 1.14 bits per heavy atom. The van der Waals surface area contributed by atoms with Crippen LogP contribution in [0.5, 0.6) is 0 Å². The second kappa shape index (κ2) is 10.9. The van der Waals surface area contributed by atoms with E-state index in [1.165, 1.54) is 6.92 Å². The first kappa shape index (κ1) is 20.2. The van der Waals surface area contributed by atoms with Crippen LogP contribution < -0.4 is 21.7 Å². The largest absolute Gasteiger partial charge is 0.480 e. The standard InChI is InChI=1S/C12H22N4O5S/c1-7(12(20)21)16-10(18)6-14-9(17)5-15-11(19)8(13)3-4-22-2/h7-8H,3-6,13H2,1-2H3,(H,14,17)(H,15,19)(H,16,18)(H,20,21). The topological polar surface area (TPSA) is 151 Å². The molecule has 0 aromatic heterocycles. The highest BCUT2D eigenvalue weighted by Gasteiger charge is 2.16. The fourth-order valence-electron chi connectivity index (χ4n) is 1.27. The predicted octanol–water partition coefficient (Wildman–Crippen LogP) is -2.11. The molecule has 0 aromatic carbocycles. The van der Waals surface area contributed by atoms with E-state index in [0.29, 0.717) is 6.42 Å². The third-order valence-corrected chi connectivity index (χ3v) is 3.23. The van der Waals surface area contributed by atoms with Gasteiger partial charge >= 0.3 is 5.97 Å². The molecular formula is C12H22N4O5S. The van der Waals surface area contributed by atoms with Gasteiger partial charge in [0.1, 0.15) is 6.04 Å². The number of carbonyl (C=O) groups excluding carboxylic acids is 3. The van der Waals surface area contributed by atoms with E-state index >= 15 is 0 Å². The van der Waals surface area contributed by atoms with E-state index < -0.39 is 35.8 Å². The molecule has 10 heteroatoms. The van der Waals surface area contributed by atoms with E-state index in [1.807, 2.05) is 6.26 Å². The number of nitrogens with one attached hydrogen (secondary N) is 3. The zero-order valence-electron chi connectivity index (χ0n) is 12.5. The number of thioether (sulfide) groups is 1. The van der Waals surface area contributed by atoms with E-state index in [4.69, 9.17) is 10.8 Å². The third-order valence-electron chi connectivity index (χ3n) is 2.59.